The van der Waals surface area contributed by atoms with Gasteiger partial charge in [0.2, 0.25) is 0 Å². The summed E-state index contributed by atoms with van der Waals surface area (Å²) in [5.74, 6) is 2.26. The highest BCUT2D eigenvalue weighted by atomic mass is 35.5. The lowest BCUT2D eigenvalue weighted by molar-refractivity contribution is 0.884. The summed E-state index contributed by atoms with van der Waals surface area (Å²) in [5, 5.41) is 1.74. The van der Waals surface area contributed by atoms with Crippen LogP contribution in [-0.4, -0.2) is 9.97 Å². The number of aromatic amines is 1. The third kappa shape index (κ3) is 3.01. The van der Waals surface area contributed by atoms with Crippen LogP contribution in [0.2, 0.25) is 10.0 Å². The Balaban J connectivity index is 1.77. The van der Waals surface area contributed by atoms with Crippen LogP contribution in [0.5, 0.6) is 0 Å². The molecular formula is C13H10Cl2N2OS2. The normalized spacial score (nSPS) is 13.5. The van der Waals surface area contributed by atoms with Gasteiger partial charge < -0.3 is 4.98 Å². The second-order valence-corrected chi connectivity index (χ2v) is 7.09. The van der Waals surface area contributed by atoms with Crippen molar-refractivity contribution in [1.29, 1.82) is 0 Å². The Morgan fingerprint density at radius 1 is 1.30 bits per heavy atom. The molecule has 1 aliphatic rings. The van der Waals surface area contributed by atoms with Crippen LogP contribution in [0.25, 0.3) is 0 Å². The quantitative estimate of drug-likeness (QED) is 0.672. The molecule has 1 N–H and O–H groups in total. The molecular weight excluding hydrogens is 335 g/mol. The standard InChI is InChI=1S/C13H10Cl2N2OS2/c14-9-2-1-7(3-10(9)15)4-20-13-16-11-6-19-5-8(11)12(18)17-13/h1-3H,4-6H2,(H,16,17,18). The number of halogens is 2. The van der Waals surface area contributed by atoms with Gasteiger partial charge in [-0.15, -0.1) is 0 Å². The molecule has 0 saturated heterocycles. The lowest BCUT2D eigenvalue weighted by Gasteiger charge is -2.04. The maximum atomic E-state index is 11.9. The van der Waals surface area contributed by atoms with Crippen LogP contribution in [0.4, 0.5) is 0 Å². The average Bonchev–Trinajstić information content (AvgIpc) is 2.89. The highest BCUT2D eigenvalue weighted by Gasteiger charge is 2.17. The zero-order valence-corrected chi connectivity index (χ0v) is 13.4. The molecule has 0 radical (unpaired) electrons. The van der Waals surface area contributed by atoms with Gasteiger partial charge in [-0.05, 0) is 17.7 Å². The van der Waals surface area contributed by atoms with Gasteiger partial charge in [0.25, 0.3) is 5.56 Å². The van der Waals surface area contributed by atoms with Crippen LogP contribution in [-0.2, 0) is 17.3 Å². The summed E-state index contributed by atoms with van der Waals surface area (Å²) in [6.07, 6.45) is 0. The van der Waals surface area contributed by atoms with E-state index in [1.807, 2.05) is 12.1 Å². The second kappa shape index (κ2) is 6.02. The van der Waals surface area contributed by atoms with E-state index in [4.69, 9.17) is 23.2 Å². The Morgan fingerprint density at radius 2 is 2.15 bits per heavy atom. The largest absolute Gasteiger partial charge is 0.301 e. The molecule has 0 amide bonds. The molecule has 2 heterocycles. The summed E-state index contributed by atoms with van der Waals surface area (Å²) in [4.78, 5) is 19.2. The van der Waals surface area contributed by atoms with Crippen molar-refractivity contribution in [2.24, 2.45) is 0 Å². The fraction of sp³-hybridized carbons (Fsp3) is 0.231. The average molecular weight is 345 g/mol. The van der Waals surface area contributed by atoms with Gasteiger partial charge >= 0.3 is 0 Å². The van der Waals surface area contributed by atoms with Gasteiger partial charge in [0.1, 0.15) is 0 Å². The van der Waals surface area contributed by atoms with E-state index < -0.39 is 0 Å². The van der Waals surface area contributed by atoms with Crippen molar-refractivity contribution in [3.8, 4) is 0 Å². The first kappa shape index (κ1) is 14.3. The van der Waals surface area contributed by atoms with Gasteiger partial charge in [-0.1, -0.05) is 41.0 Å². The van der Waals surface area contributed by atoms with Crippen molar-refractivity contribution in [3.05, 3.63) is 55.4 Å². The lowest BCUT2D eigenvalue weighted by Crippen LogP contribution is -2.14. The predicted molar refractivity (Wildman–Crippen MR) is 85.9 cm³/mol. The molecule has 0 spiro atoms. The predicted octanol–water partition coefficient (Wildman–Crippen LogP) is 4.12. The van der Waals surface area contributed by atoms with Gasteiger partial charge in [-0.3, -0.25) is 4.79 Å². The maximum Gasteiger partial charge on any atom is 0.255 e. The molecule has 3 rings (SSSR count). The van der Waals surface area contributed by atoms with E-state index in [0.29, 0.717) is 21.0 Å². The fourth-order valence-corrected chi connectivity index (χ4v) is 4.07. The number of fused-ring (bicyclic) bond motifs is 1. The first-order valence-corrected chi connectivity index (χ1v) is 8.79. The van der Waals surface area contributed by atoms with E-state index in [1.165, 1.54) is 11.8 Å². The minimum atomic E-state index is -0.0170. The zero-order chi connectivity index (χ0) is 14.1. The molecule has 2 aromatic rings. The van der Waals surface area contributed by atoms with Gasteiger partial charge in [0.05, 0.1) is 15.7 Å². The number of hydrogen-bond acceptors (Lipinski definition) is 4. The molecule has 20 heavy (non-hydrogen) atoms. The Hall–Kier alpha value is -0.620. The zero-order valence-electron chi connectivity index (χ0n) is 10.3. The third-order valence-electron chi connectivity index (χ3n) is 2.92. The van der Waals surface area contributed by atoms with E-state index >= 15 is 0 Å². The van der Waals surface area contributed by atoms with Crippen molar-refractivity contribution < 1.29 is 0 Å². The van der Waals surface area contributed by atoms with E-state index in [2.05, 4.69) is 9.97 Å². The summed E-state index contributed by atoms with van der Waals surface area (Å²) in [7, 11) is 0. The molecule has 1 aromatic heterocycles. The van der Waals surface area contributed by atoms with Crippen molar-refractivity contribution >= 4 is 46.7 Å². The number of rotatable bonds is 3. The fourth-order valence-electron chi connectivity index (χ4n) is 1.89. The van der Waals surface area contributed by atoms with Crippen LogP contribution >= 0.6 is 46.7 Å². The molecule has 1 aromatic carbocycles. The molecule has 0 atom stereocenters. The van der Waals surface area contributed by atoms with E-state index in [1.54, 1.807) is 17.8 Å². The van der Waals surface area contributed by atoms with Crippen LogP contribution in [0.3, 0.4) is 0 Å². The number of H-pyrrole nitrogens is 1. The van der Waals surface area contributed by atoms with Crippen LogP contribution in [0.1, 0.15) is 16.8 Å². The molecule has 1 aliphatic heterocycles. The molecule has 104 valence electrons. The van der Waals surface area contributed by atoms with E-state index in [-0.39, 0.29) is 5.56 Å². The lowest BCUT2D eigenvalue weighted by atomic mass is 10.2. The summed E-state index contributed by atoms with van der Waals surface area (Å²) in [6, 6.07) is 5.52. The first-order chi connectivity index (χ1) is 9.63. The van der Waals surface area contributed by atoms with Crippen LogP contribution < -0.4 is 5.56 Å². The van der Waals surface area contributed by atoms with Gasteiger partial charge in [-0.2, -0.15) is 11.8 Å². The molecule has 3 nitrogen and oxygen atoms in total. The monoisotopic (exact) mass is 344 g/mol. The summed E-state index contributed by atoms with van der Waals surface area (Å²) in [5.41, 5.74) is 2.75. The minimum Gasteiger partial charge on any atom is -0.301 e. The molecule has 0 aliphatic carbocycles. The number of aromatic nitrogens is 2. The van der Waals surface area contributed by atoms with Crippen molar-refractivity contribution in [2.45, 2.75) is 22.4 Å². The molecule has 0 fully saturated rings. The van der Waals surface area contributed by atoms with E-state index in [9.17, 15) is 4.79 Å². The number of nitrogens with one attached hydrogen (secondary N) is 1. The Bertz CT molecular complexity index is 718. The smallest absolute Gasteiger partial charge is 0.255 e. The minimum absolute atomic E-state index is 0.0170. The van der Waals surface area contributed by atoms with Crippen LogP contribution in [0, 0.1) is 0 Å². The molecule has 0 unspecified atom stereocenters. The highest BCUT2D eigenvalue weighted by Crippen LogP contribution is 2.29. The summed E-state index contributed by atoms with van der Waals surface area (Å²) < 4.78 is 0. The maximum absolute atomic E-state index is 11.9. The van der Waals surface area contributed by atoms with Crippen molar-refractivity contribution in [2.75, 3.05) is 0 Å². The highest BCUT2D eigenvalue weighted by molar-refractivity contribution is 7.98. The first-order valence-electron chi connectivity index (χ1n) is 5.90. The van der Waals surface area contributed by atoms with Crippen molar-refractivity contribution in [3.63, 3.8) is 0 Å². The van der Waals surface area contributed by atoms with Gasteiger partial charge in [0.15, 0.2) is 5.16 Å². The Kier molecular flexibility index (Phi) is 4.31. The number of nitrogens with zero attached hydrogens (tertiary/aromatic N) is 1. The summed E-state index contributed by atoms with van der Waals surface area (Å²) in [6.45, 7) is 0. The van der Waals surface area contributed by atoms with Crippen molar-refractivity contribution in [1.82, 2.24) is 9.97 Å². The summed E-state index contributed by atoms with van der Waals surface area (Å²) >= 11 is 15.1. The Morgan fingerprint density at radius 3 is 2.95 bits per heavy atom. The van der Waals surface area contributed by atoms with Gasteiger partial charge in [0, 0.05) is 22.8 Å². The molecule has 0 bridgehead atoms. The molecule has 0 saturated carbocycles. The SMILES string of the molecule is O=c1[nH]c(SCc2ccc(Cl)c(Cl)c2)nc2c1CSC2. The number of thioether (sulfide) groups is 2. The topological polar surface area (TPSA) is 45.8 Å². The second-order valence-electron chi connectivity index (χ2n) is 4.33. The Labute approximate surface area is 134 Å². The third-order valence-corrected chi connectivity index (χ3v) is 5.58. The number of hydrogen-bond donors (Lipinski definition) is 1. The molecule has 7 heteroatoms. The van der Waals surface area contributed by atoms with Crippen LogP contribution in [0.15, 0.2) is 28.2 Å². The van der Waals surface area contributed by atoms with E-state index in [0.717, 1.165) is 28.3 Å². The van der Waals surface area contributed by atoms with Gasteiger partial charge in [-0.25, -0.2) is 4.98 Å². The number of benzene rings is 1.